The lowest BCUT2D eigenvalue weighted by Crippen LogP contribution is -2.40. The Kier molecular flexibility index (Phi) is 7.62. The number of nitrogens with zero attached hydrogens (tertiary/aromatic N) is 5. The molecule has 1 atom stereocenters. The first kappa shape index (κ1) is 24.9. The number of anilines is 2. The van der Waals surface area contributed by atoms with Crippen LogP contribution in [-0.4, -0.2) is 79.7 Å². The van der Waals surface area contributed by atoms with Gasteiger partial charge in [-0.05, 0) is 37.3 Å². The van der Waals surface area contributed by atoms with E-state index in [1.54, 1.807) is 48.7 Å². The third kappa shape index (κ3) is 5.88. The molecule has 0 aliphatic carbocycles. The molecule has 1 aromatic carbocycles. The van der Waals surface area contributed by atoms with Crippen molar-refractivity contribution in [1.29, 1.82) is 0 Å². The Morgan fingerprint density at radius 1 is 1.25 bits per heavy atom. The van der Waals surface area contributed by atoms with Gasteiger partial charge >= 0.3 is 12.1 Å². The summed E-state index contributed by atoms with van der Waals surface area (Å²) < 4.78 is 25.2. The molecule has 0 radical (unpaired) electrons. The summed E-state index contributed by atoms with van der Waals surface area (Å²) in [5.41, 5.74) is 1.29. The van der Waals surface area contributed by atoms with Crippen molar-refractivity contribution in [2.24, 2.45) is 5.10 Å². The van der Waals surface area contributed by atoms with Gasteiger partial charge in [0.05, 0.1) is 31.9 Å². The first-order valence-corrected chi connectivity index (χ1v) is 11.5. The van der Waals surface area contributed by atoms with Gasteiger partial charge in [0.1, 0.15) is 30.6 Å². The van der Waals surface area contributed by atoms with E-state index in [4.69, 9.17) is 9.47 Å². The summed E-state index contributed by atoms with van der Waals surface area (Å²) in [6, 6.07) is 8.03. The maximum atomic E-state index is 15.0. The number of hydrogen-bond donors (Lipinski definition) is 1. The van der Waals surface area contributed by atoms with Crippen LogP contribution in [0.5, 0.6) is 0 Å². The third-order valence-electron chi connectivity index (χ3n) is 5.64. The zero-order chi connectivity index (χ0) is 25.7. The number of rotatable bonds is 8. The van der Waals surface area contributed by atoms with Gasteiger partial charge in [0.15, 0.2) is 0 Å². The smallest absolute Gasteiger partial charge is 0.414 e. The third-order valence-corrected chi connectivity index (χ3v) is 5.64. The second kappa shape index (κ2) is 11.0. The highest BCUT2D eigenvalue weighted by Crippen LogP contribution is 2.29. The van der Waals surface area contributed by atoms with E-state index in [0.717, 1.165) is 0 Å². The van der Waals surface area contributed by atoms with Gasteiger partial charge in [-0.3, -0.25) is 19.5 Å². The van der Waals surface area contributed by atoms with Crippen molar-refractivity contribution >= 4 is 35.8 Å². The molecule has 190 valence electrons. The molecule has 11 nitrogen and oxygen atoms in total. The number of carbonyl (C=O) groups is 3. The lowest BCUT2D eigenvalue weighted by Gasteiger charge is -2.28. The molecule has 2 aliphatic rings. The first-order chi connectivity index (χ1) is 17.3. The van der Waals surface area contributed by atoms with Crippen LogP contribution >= 0.6 is 0 Å². The van der Waals surface area contributed by atoms with E-state index in [1.165, 1.54) is 17.9 Å². The van der Waals surface area contributed by atoms with Crippen LogP contribution in [0.2, 0.25) is 0 Å². The zero-order valence-corrected chi connectivity index (χ0v) is 20.0. The number of ether oxygens (including phenoxy) is 2. The van der Waals surface area contributed by atoms with E-state index in [2.05, 4.69) is 15.4 Å². The summed E-state index contributed by atoms with van der Waals surface area (Å²) in [7, 11) is 0. The number of hydrazone groups is 1. The fraction of sp³-hybridized carbons (Fsp3) is 0.375. The molecule has 2 aliphatic heterocycles. The van der Waals surface area contributed by atoms with Gasteiger partial charge in [-0.1, -0.05) is 0 Å². The van der Waals surface area contributed by atoms with E-state index in [-0.39, 0.29) is 31.5 Å². The molecule has 36 heavy (non-hydrogen) atoms. The lowest BCUT2D eigenvalue weighted by atomic mass is 10.1. The summed E-state index contributed by atoms with van der Waals surface area (Å²) in [6.45, 7) is 5.06. The number of halogens is 1. The van der Waals surface area contributed by atoms with Crippen LogP contribution in [0.1, 0.15) is 13.8 Å². The van der Waals surface area contributed by atoms with Crippen LogP contribution in [0.15, 0.2) is 41.6 Å². The molecule has 3 heterocycles. The van der Waals surface area contributed by atoms with Gasteiger partial charge in [0.25, 0.3) is 0 Å². The topological polar surface area (TPSA) is 117 Å². The van der Waals surface area contributed by atoms with E-state index < -0.39 is 18.0 Å². The number of aromatic nitrogens is 1. The second-order valence-electron chi connectivity index (χ2n) is 8.24. The number of nitrogens with one attached hydrogen (secondary N) is 1. The Labute approximate surface area is 207 Å². The van der Waals surface area contributed by atoms with Crippen LogP contribution in [0.4, 0.5) is 20.7 Å². The molecule has 2 aromatic rings. The van der Waals surface area contributed by atoms with Crippen molar-refractivity contribution < 1.29 is 28.2 Å². The number of hydrogen-bond acceptors (Lipinski definition) is 9. The van der Waals surface area contributed by atoms with Crippen LogP contribution in [-0.2, 0) is 19.1 Å². The Balaban J connectivity index is 1.39. The lowest BCUT2D eigenvalue weighted by molar-refractivity contribution is -0.144. The quantitative estimate of drug-likeness (QED) is 0.550. The maximum absolute atomic E-state index is 15.0. The Hall–Kier alpha value is -4.22. The molecule has 1 N–H and O–H groups in total. The van der Waals surface area contributed by atoms with E-state index in [0.29, 0.717) is 42.3 Å². The molecule has 1 fully saturated rings. The molecule has 1 aromatic heterocycles. The van der Waals surface area contributed by atoms with Gasteiger partial charge in [-0.25, -0.2) is 14.2 Å². The highest BCUT2D eigenvalue weighted by atomic mass is 19.1. The summed E-state index contributed by atoms with van der Waals surface area (Å²) in [5, 5.41) is 8.48. The summed E-state index contributed by atoms with van der Waals surface area (Å²) in [6.07, 6.45) is 2.07. The normalized spacial score (nSPS) is 17.2. The van der Waals surface area contributed by atoms with Crippen molar-refractivity contribution in [3.8, 4) is 11.1 Å². The summed E-state index contributed by atoms with van der Waals surface area (Å²) >= 11 is 0. The van der Waals surface area contributed by atoms with Crippen LogP contribution in [0, 0.1) is 5.82 Å². The van der Waals surface area contributed by atoms with Gasteiger partial charge in [-0.15, -0.1) is 0 Å². The number of cyclic esters (lactones) is 1. The van der Waals surface area contributed by atoms with Crippen molar-refractivity contribution in [2.75, 3.05) is 49.1 Å². The molecule has 4 rings (SSSR count). The molecular weight excluding hydrogens is 471 g/mol. The van der Waals surface area contributed by atoms with Crippen LogP contribution in [0.25, 0.3) is 11.1 Å². The largest absolute Gasteiger partial charge is 0.465 e. The number of benzene rings is 1. The molecule has 0 unspecified atom stereocenters. The SMILES string of the molecule is CCOC(=O)CN1CCN(c2ccc(-c3ccc(N4C[C@H](CNC(C)=O)OC4=O)cc3F)cn2)C=N1. The zero-order valence-electron chi connectivity index (χ0n) is 20.0. The van der Waals surface area contributed by atoms with Gasteiger partial charge in [0, 0.05) is 30.8 Å². The molecule has 12 heteroatoms. The van der Waals surface area contributed by atoms with E-state index in [9.17, 15) is 18.8 Å². The second-order valence-corrected chi connectivity index (χ2v) is 8.24. The Bertz CT molecular complexity index is 1160. The minimum absolute atomic E-state index is 0.0882. The van der Waals surface area contributed by atoms with Crippen molar-refractivity contribution in [3.05, 3.63) is 42.3 Å². The predicted molar refractivity (Wildman–Crippen MR) is 130 cm³/mol. The molecule has 0 bridgehead atoms. The highest BCUT2D eigenvalue weighted by Gasteiger charge is 2.32. The predicted octanol–water partition coefficient (Wildman–Crippen LogP) is 1.98. The minimum atomic E-state index is -0.590. The van der Waals surface area contributed by atoms with E-state index in [1.807, 2.05) is 4.90 Å². The van der Waals surface area contributed by atoms with Gasteiger partial charge in [0.2, 0.25) is 5.91 Å². The number of esters is 1. The first-order valence-electron chi connectivity index (χ1n) is 11.5. The van der Waals surface area contributed by atoms with Crippen molar-refractivity contribution in [3.63, 3.8) is 0 Å². The average molecular weight is 499 g/mol. The Morgan fingerprint density at radius 3 is 2.72 bits per heavy atom. The van der Waals surface area contributed by atoms with E-state index >= 15 is 0 Å². The fourth-order valence-electron chi connectivity index (χ4n) is 3.84. The monoisotopic (exact) mass is 498 g/mol. The van der Waals surface area contributed by atoms with Gasteiger partial charge < -0.3 is 19.7 Å². The van der Waals surface area contributed by atoms with Crippen LogP contribution in [0.3, 0.4) is 0 Å². The summed E-state index contributed by atoms with van der Waals surface area (Å²) in [5.74, 6) is -0.414. The molecule has 1 saturated heterocycles. The van der Waals surface area contributed by atoms with Crippen molar-refractivity contribution in [2.45, 2.75) is 20.0 Å². The number of amides is 2. The van der Waals surface area contributed by atoms with Gasteiger partial charge in [-0.2, -0.15) is 5.10 Å². The molecule has 0 spiro atoms. The Morgan fingerprint density at radius 2 is 2.08 bits per heavy atom. The minimum Gasteiger partial charge on any atom is -0.465 e. The fourth-order valence-corrected chi connectivity index (χ4v) is 3.84. The number of pyridine rings is 1. The molecule has 0 saturated carbocycles. The number of carbonyl (C=O) groups excluding carboxylic acids is 3. The summed E-state index contributed by atoms with van der Waals surface area (Å²) in [4.78, 5) is 42.5. The standard InChI is InChI=1S/C24H27FN6O5/c1-3-35-23(33)14-30-9-8-29(15-28-30)22-7-4-17(11-27-22)20-6-5-18(10-21(20)25)31-13-19(36-24(31)34)12-26-16(2)32/h4-7,10-11,15,19H,3,8-9,12-14H2,1-2H3,(H,26,32)/t19-/m0/s1. The average Bonchev–Trinajstić information content (AvgIpc) is 3.24. The van der Waals surface area contributed by atoms with Crippen molar-refractivity contribution in [1.82, 2.24) is 15.3 Å². The van der Waals surface area contributed by atoms with Crippen LogP contribution < -0.4 is 15.1 Å². The molecule has 2 amide bonds. The molecular formula is C24H27FN6O5. The highest BCUT2D eigenvalue weighted by molar-refractivity contribution is 5.90. The maximum Gasteiger partial charge on any atom is 0.414 e.